The van der Waals surface area contributed by atoms with Crippen LogP contribution in [0.2, 0.25) is 0 Å². The number of nitrogens with two attached hydrogens (primary N) is 1. The van der Waals surface area contributed by atoms with Crippen molar-refractivity contribution in [1.29, 1.82) is 0 Å². The van der Waals surface area contributed by atoms with Crippen LogP contribution in [0, 0.1) is 17.8 Å². The van der Waals surface area contributed by atoms with Crippen LogP contribution in [0.5, 0.6) is 0 Å². The zero-order chi connectivity index (χ0) is 39.3. The van der Waals surface area contributed by atoms with Crippen LogP contribution in [0.3, 0.4) is 0 Å². The van der Waals surface area contributed by atoms with Crippen LogP contribution >= 0.6 is 35.7 Å². The lowest BCUT2D eigenvalue weighted by atomic mass is 9.87. The highest BCUT2D eigenvalue weighted by Gasteiger charge is 2.42. The molecule has 1 aliphatic heterocycles. The number of hydrogen-bond acceptors (Lipinski definition) is 17. The van der Waals surface area contributed by atoms with Gasteiger partial charge in [-0.05, 0) is 0 Å². The highest BCUT2D eigenvalue weighted by Crippen LogP contribution is 2.61. The minimum atomic E-state index is -5.31. The molecule has 1 saturated heterocycles. The number of imidazole rings is 1. The molecule has 3 heterocycles. The Morgan fingerprint density at radius 2 is 1.85 bits per heavy atom. The van der Waals surface area contributed by atoms with Crippen molar-refractivity contribution in [3.8, 4) is 12.3 Å². The first-order valence-corrected chi connectivity index (χ1v) is 19.9. The quantitative estimate of drug-likeness (QED) is 0.0506. The molecule has 0 spiro atoms. The Bertz CT molecular complexity index is 1710. The van der Waals surface area contributed by atoms with Gasteiger partial charge in [0, 0.05) is 41.7 Å². The van der Waals surface area contributed by atoms with Crippen molar-refractivity contribution in [2.75, 3.05) is 37.8 Å². The first kappa shape index (κ1) is 45.2. The minimum Gasteiger partial charge on any atom is -0.390 e. The van der Waals surface area contributed by atoms with Crippen LogP contribution in [0.25, 0.3) is 11.2 Å². The third-order valence-corrected chi connectivity index (χ3v) is 10.1. The van der Waals surface area contributed by atoms with Crippen molar-refractivity contribution < 1.29 is 76.0 Å². The lowest BCUT2D eigenvalue weighted by molar-refractivity contribution is -0.137. The lowest BCUT2D eigenvalue weighted by Crippen LogP contribution is -2.46. The zero-order valence-corrected chi connectivity index (χ0v) is 31.1. The maximum absolute atomic E-state index is 12.4. The maximum Gasteiger partial charge on any atom is 0.692 e. The van der Waals surface area contributed by atoms with E-state index in [0.29, 0.717) is 16.9 Å². The van der Waals surface area contributed by atoms with E-state index in [1.807, 2.05) is 0 Å². The van der Waals surface area contributed by atoms with E-state index < -0.39 is 78.9 Å². The molecule has 2 aromatic rings. The molecular formula is C25H39N7O16P3S+. The molecule has 0 bridgehead atoms. The number of nitrogens with zero attached hydrogens (tertiary/aromatic N) is 4. The Morgan fingerprint density at radius 3 is 2.50 bits per heavy atom. The number of rotatable bonds is 18. The number of nitrogen functional groups attached to an aromatic ring is 1. The summed E-state index contributed by atoms with van der Waals surface area (Å²) in [4.78, 5) is 82.0. The number of anilines is 1. The van der Waals surface area contributed by atoms with Crippen molar-refractivity contribution in [3.63, 3.8) is 0 Å². The molecule has 1 aliphatic rings. The first-order chi connectivity index (χ1) is 24.2. The molecule has 3 rings (SSSR count). The summed E-state index contributed by atoms with van der Waals surface area (Å²) in [6.07, 6.45) is 2.52. The van der Waals surface area contributed by atoms with Crippen LogP contribution in [0.15, 0.2) is 12.7 Å². The number of amides is 2. The lowest BCUT2D eigenvalue weighted by Gasteiger charge is -2.30. The Kier molecular flexibility index (Phi) is 17.8. The normalized spacial score (nSPS) is 20.0. The second kappa shape index (κ2) is 20.5. The molecule has 2 amide bonds. The molecule has 10 N–H and O–H groups in total. The molecule has 6 unspecified atom stereocenters. The van der Waals surface area contributed by atoms with E-state index >= 15 is 0 Å². The SMILES string of the molecule is C#CCC(=O)SCCNC(=O)CCNC(=O)C(O)C(C)(C)COP(=O)(O)OP(=O)(O)OCC1OC(n2cnc3c(N)ncnc32)CC1O.O=[P+](O)O. The van der Waals surface area contributed by atoms with Crippen molar-refractivity contribution >= 4 is 69.6 Å². The van der Waals surface area contributed by atoms with Crippen molar-refractivity contribution in [2.24, 2.45) is 5.41 Å². The van der Waals surface area contributed by atoms with Gasteiger partial charge in [-0.3, -0.25) is 28.0 Å². The standard InChI is InChI=1S/C25H37N7O13P2S.HO3P/c1-4-5-19(35)48-9-8-27-17(34)6-7-28-24(37)21(36)25(2,3)12-43-47(40,41)45-46(38,39)42-11-16-15(33)10-18(44-16)32-14-31-20-22(26)29-13-30-23(20)32;1-4(2)3/h1,13-16,18,21,33,36H,5-12H2,2-3H3,(H,27,34)(H,28,37)(H,38,39)(H,40,41)(H2,26,29,30);(H-,1,2,3)/p+1. The molecule has 0 radical (unpaired) electrons. The molecule has 6 atom stereocenters. The van der Waals surface area contributed by atoms with Crippen LogP contribution in [0.4, 0.5) is 5.82 Å². The number of fused-ring (bicyclic) bond motifs is 1. The van der Waals surface area contributed by atoms with Gasteiger partial charge in [-0.25, -0.2) is 24.1 Å². The van der Waals surface area contributed by atoms with Gasteiger partial charge in [-0.1, -0.05) is 31.5 Å². The van der Waals surface area contributed by atoms with Crippen LogP contribution in [-0.2, 0) is 46.2 Å². The number of phosphoric ester groups is 2. The summed E-state index contributed by atoms with van der Waals surface area (Å²) in [6, 6.07) is 0. The Hall–Kier alpha value is -2.97. The first-order valence-electron chi connectivity index (χ1n) is 14.8. The van der Waals surface area contributed by atoms with E-state index in [2.05, 4.69) is 35.8 Å². The predicted octanol–water partition coefficient (Wildman–Crippen LogP) is -0.771. The zero-order valence-electron chi connectivity index (χ0n) is 27.6. The fraction of sp³-hybridized carbons (Fsp3) is 0.600. The van der Waals surface area contributed by atoms with Gasteiger partial charge in [-0.2, -0.15) is 4.31 Å². The smallest absolute Gasteiger partial charge is 0.390 e. The summed E-state index contributed by atoms with van der Waals surface area (Å²) in [7, 11) is -13.5. The van der Waals surface area contributed by atoms with Gasteiger partial charge in [0.25, 0.3) is 0 Å². The minimum absolute atomic E-state index is 0.0103. The third kappa shape index (κ3) is 15.2. The number of aliphatic hydroxyl groups is 2. The predicted molar refractivity (Wildman–Crippen MR) is 180 cm³/mol. The molecule has 27 heteroatoms. The van der Waals surface area contributed by atoms with Gasteiger partial charge in [0.05, 0.1) is 32.1 Å². The van der Waals surface area contributed by atoms with Crippen LogP contribution in [0.1, 0.15) is 39.3 Å². The van der Waals surface area contributed by atoms with Gasteiger partial charge in [0.1, 0.15) is 30.3 Å². The maximum atomic E-state index is 12.4. The number of carbonyl (C=O) groups excluding carboxylic acids is 3. The van der Waals surface area contributed by atoms with Crippen LogP contribution in [-0.4, -0.2) is 117 Å². The Morgan fingerprint density at radius 1 is 1.19 bits per heavy atom. The van der Waals surface area contributed by atoms with E-state index in [0.717, 1.165) is 11.8 Å². The second-order valence-corrected chi connectivity index (χ2v) is 15.9. The van der Waals surface area contributed by atoms with Gasteiger partial charge in [0.2, 0.25) is 16.9 Å². The van der Waals surface area contributed by atoms with Gasteiger partial charge >= 0.3 is 23.9 Å². The van der Waals surface area contributed by atoms with E-state index in [-0.39, 0.29) is 43.3 Å². The average molecular weight is 819 g/mol. The summed E-state index contributed by atoms with van der Waals surface area (Å²) in [5.41, 5.74) is 4.88. The Labute approximate surface area is 301 Å². The summed E-state index contributed by atoms with van der Waals surface area (Å²) >= 11 is 0.978. The number of phosphoric acid groups is 2. The highest BCUT2D eigenvalue weighted by molar-refractivity contribution is 8.13. The average Bonchev–Trinajstić information content (AvgIpc) is 3.64. The van der Waals surface area contributed by atoms with Gasteiger partial charge in [0.15, 0.2) is 11.5 Å². The summed E-state index contributed by atoms with van der Waals surface area (Å²) in [5, 5.41) is 25.6. The monoisotopic (exact) mass is 818 g/mol. The Balaban J connectivity index is 0.00000222. The highest BCUT2D eigenvalue weighted by atomic mass is 32.2. The number of hydrogen-bond donors (Lipinski definition) is 9. The summed E-state index contributed by atoms with van der Waals surface area (Å²) in [6.45, 7) is 1.11. The van der Waals surface area contributed by atoms with Crippen molar-refractivity contribution in [3.05, 3.63) is 12.7 Å². The molecule has 0 saturated carbocycles. The summed E-state index contributed by atoms with van der Waals surface area (Å²) in [5.74, 6) is 1.32. The van der Waals surface area contributed by atoms with Crippen LogP contribution < -0.4 is 16.4 Å². The molecule has 0 aliphatic carbocycles. The number of terminal acetylenes is 1. The van der Waals surface area contributed by atoms with Crippen molar-refractivity contribution in [1.82, 2.24) is 30.2 Å². The van der Waals surface area contributed by atoms with Gasteiger partial charge < -0.3 is 41.1 Å². The number of ether oxygens (including phenoxy) is 1. The third-order valence-electron chi connectivity index (χ3n) is 6.68. The number of nitrogens with one attached hydrogen (secondary N) is 2. The van der Waals surface area contributed by atoms with E-state index in [1.54, 1.807) is 0 Å². The van der Waals surface area contributed by atoms with E-state index in [4.69, 9.17) is 40.3 Å². The van der Waals surface area contributed by atoms with E-state index in [9.17, 15) is 43.5 Å². The molecule has 23 nitrogen and oxygen atoms in total. The molecule has 0 aromatic carbocycles. The second-order valence-electron chi connectivity index (χ2n) is 11.2. The number of carbonyl (C=O) groups is 3. The molecule has 1 fully saturated rings. The molecular weight excluding hydrogens is 779 g/mol. The molecule has 290 valence electrons. The number of aromatic nitrogens is 4. The van der Waals surface area contributed by atoms with Crippen molar-refractivity contribution in [2.45, 2.75) is 57.6 Å². The van der Waals surface area contributed by atoms with E-state index in [1.165, 1.54) is 31.1 Å². The number of aliphatic hydroxyl groups excluding tert-OH is 2. The summed E-state index contributed by atoms with van der Waals surface area (Å²) < 4.78 is 54.6. The topological polar surface area (TPSA) is 354 Å². The fourth-order valence-corrected chi connectivity index (χ4v) is 6.99. The largest absolute Gasteiger partial charge is 0.692 e. The number of thioether (sulfide) groups is 1. The molecule has 2 aromatic heterocycles. The fourth-order valence-electron chi connectivity index (χ4n) is 4.12. The van der Waals surface area contributed by atoms with Gasteiger partial charge in [-0.15, -0.1) is 16.2 Å². The molecule has 52 heavy (non-hydrogen) atoms.